The minimum atomic E-state index is -1.05. The first-order chi connectivity index (χ1) is 12.1. The highest BCUT2D eigenvalue weighted by atomic mass is 16.2. The van der Waals surface area contributed by atoms with Crippen molar-refractivity contribution in [3.63, 3.8) is 0 Å². The molecule has 0 spiro atoms. The minimum Gasteiger partial charge on any atom is -0.345 e. The molecule has 6 heteroatoms. The van der Waals surface area contributed by atoms with E-state index in [4.69, 9.17) is 0 Å². The Morgan fingerprint density at radius 2 is 1.92 bits per heavy atom. The number of Topliss-reactive ketones (excluding diaryl/α,β-unsaturated/α-hetero) is 1. The largest absolute Gasteiger partial charge is 0.345 e. The number of rotatable bonds is 5. The molecular formula is C19H16N4O2. The number of ketones is 1. The Balaban J connectivity index is 1.69. The van der Waals surface area contributed by atoms with Gasteiger partial charge in [0, 0.05) is 5.56 Å². The lowest BCUT2D eigenvalue weighted by molar-refractivity contribution is -0.118. The third kappa shape index (κ3) is 3.56. The Morgan fingerprint density at radius 1 is 1.20 bits per heavy atom. The number of carbonyl (C=O) groups is 2. The van der Waals surface area contributed by atoms with Crippen molar-refractivity contribution >= 4 is 22.7 Å². The van der Waals surface area contributed by atoms with Crippen molar-refractivity contribution in [1.82, 2.24) is 15.3 Å². The van der Waals surface area contributed by atoms with E-state index in [1.54, 1.807) is 18.2 Å². The van der Waals surface area contributed by atoms with Gasteiger partial charge in [-0.05, 0) is 31.2 Å². The van der Waals surface area contributed by atoms with Crippen LogP contribution in [0.3, 0.4) is 0 Å². The molecule has 3 aromatic rings. The molecule has 1 aromatic heterocycles. The van der Waals surface area contributed by atoms with Gasteiger partial charge in [-0.1, -0.05) is 29.8 Å². The number of aryl methyl sites for hydroxylation is 1. The van der Waals surface area contributed by atoms with Crippen molar-refractivity contribution in [2.24, 2.45) is 0 Å². The van der Waals surface area contributed by atoms with Crippen molar-refractivity contribution in [3.05, 3.63) is 65.5 Å². The summed E-state index contributed by atoms with van der Waals surface area (Å²) in [6.45, 7) is 1.69. The number of amides is 1. The van der Waals surface area contributed by atoms with E-state index in [1.165, 1.54) is 0 Å². The van der Waals surface area contributed by atoms with Gasteiger partial charge in [0.15, 0.2) is 11.7 Å². The summed E-state index contributed by atoms with van der Waals surface area (Å²) >= 11 is 0. The number of hydrogen-bond donors (Lipinski definition) is 2. The highest BCUT2D eigenvalue weighted by Crippen LogP contribution is 2.17. The first-order valence-electron chi connectivity index (χ1n) is 7.80. The van der Waals surface area contributed by atoms with Crippen LogP contribution in [0.2, 0.25) is 0 Å². The van der Waals surface area contributed by atoms with Crippen LogP contribution in [-0.2, 0) is 4.79 Å². The molecule has 25 heavy (non-hydrogen) atoms. The first-order valence-corrected chi connectivity index (χ1v) is 7.80. The monoisotopic (exact) mass is 332 g/mol. The number of imidazole rings is 1. The Labute approximate surface area is 144 Å². The van der Waals surface area contributed by atoms with Crippen LogP contribution in [-0.4, -0.2) is 28.2 Å². The van der Waals surface area contributed by atoms with Crippen LogP contribution in [0.25, 0.3) is 11.0 Å². The molecule has 0 saturated heterocycles. The maximum Gasteiger partial charge on any atom is 0.251 e. The van der Waals surface area contributed by atoms with Crippen molar-refractivity contribution in [2.45, 2.75) is 12.8 Å². The zero-order valence-electron chi connectivity index (χ0n) is 13.6. The van der Waals surface area contributed by atoms with Gasteiger partial charge in [-0.3, -0.25) is 9.59 Å². The van der Waals surface area contributed by atoms with E-state index >= 15 is 0 Å². The molecule has 2 N–H and O–H groups in total. The van der Waals surface area contributed by atoms with Gasteiger partial charge in [-0.15, -0.1) is 0 Å². The van der Waals surface area contributed by atoms with Crippen molar-refractivity contribution in [3.8, 4) is 6.07 Å². The second kappa shape index (κ2) is 6.97. The van der Waals surface area contributed by atoms with Crippen LogP contribution < -0.4 is 5.32 Å². The molecule has 2 aromatic carbocycles. The standard InChI is InChI=1S/C19H16N4O2/c1-12-6-8-13(9-7-12)19(25)21-11-17(24)14(10-20)18-22-15-4-2-3-5-16(15)23-18/h2-9,14H,11H2,1H3,(H,21,25)(H,22,23)/t14-/m1/s1. The molecule has 0 aliphatic heterocycles. The highest BCUT2D eigenvalue weighted by Gasteiger charge is 2.24. The number of aromatic amines is 1. The third-order valence-electron chi connectivity index (χ3n) is 3.87. The number of nitrogens with one attached hydrogen (secondary N) is 2. The normalized spacial score (nSPS) is 11.7. The molecule has 1 atom stereocenters. The molecule has 1 amide bonds. The van der Waals surface area contributed by atoms with Gasteiger partial charge in [-0.2, -0.15) is 5.26 Å². The lowest BCUT2D eigenvalue weighted by Crippen LogP contribution is -2.32. The van der Waals surface area contributed by atoms with E-state index in [0.717, 1.165) is 11.1 Å². The molecule has 0 aliphatic carbocycles. The quantitative estimate of drug-likeness (QED) is 0.750. The summed E-state index contributed by atoms with van der Waals surface area (Å²) in [6.07, 6.45) is 0. The number of para-hydroxylation sites is 2. The fourth-order valence-corrected chi connectivity index (χ4v) is 2.47. The molecule has 0 radical (unpaired) electrons. The zero-order chi connectivity index (χ0) is 17.8. The van der Waals surface area contributed by atoms with Crippen LogP contribution in [0.15, 0.2) is 48.5 Å². The second-order valence-electron chi connectivity index (χ2n) is 5.72. The Bertz CT molecular complexity index is 934. The predicted molar refractivity (Wildman–Crippen MR) is 93.0 cm³/mol. The summed E-state index contributed by atoms with van der Waals surface area (Å²) in [5, 5.41) is 11.9. The number of carbonyl (C=O) groups excluding carboxylic acids is 2. The first kappa shape index (κ1) is 16.4. The van der Waals surface area contributed by atoms with Crippen LogP contribution in [0.1, 0.15) is 27.7 Å². The number of nitriles is 1. The molecule has 3 rings (SSSR count). The molecule has 124 valence electrons. The lowest BCUT2D eigenvalue weighted by atomic mass is 10.1. The summed E-state index contributed by atoms with van der Waals surface area (Å²) in [7, 11) is 0. The number of fused-ring (bicyclic) bond motifs is 1. The van der Waals surface area contributed by atoms with Crippen LogP contribution in [0.4, 0.5) is 0 Å². The number of hydrogen-bond acceptors (Lipinski definition) is 4. The second-order valence-corrected chi connectivity index (χ2v) is 5.72. The van der Waals surface area contributed by atoms with E-state index in [1.807, 2.05) is 43.3 Å². The number of benzene rings is 2. The van der Waals surface area contributed by atoms with Gasteiger partial charge >= 0.3 is 0 Å². The molecule has 0 aliphatic rings. The molecule has 1 heterocycles. The number of nitrogens with zero attached hydrogens (tertiary/aromatic N) is 2. The van der Waals surface area contributed by atoms with E-state index < -0.39 is 11.7 Å². The van der Waals surface area contributed by atoms with Gasteiger partial charge < -0.3 is 10.3 Å². The summed E-state index contributed by atoms with van der Waals surface area (Å²) < 4.78 is 0. The SMILES string of the molecule is Cc1ccc(C(=O)NCC(=O)[C@@H](C#N)c2nc3ccccc3[nH]2)cc1. The van der Waals surface area contributed by atoms with Gasteiger partial charge in [0.25, 0.3) is 5.91 Å². The van der Waals surface area contributed by atoms with Gasteiger partial charge in [0.05, 0.1) is 23.6 Å². The molecule has 0 fully saturated rings. The van der Waals surface area contributed by atoms with Crippen molar-refractivity contribution in [1.29, 1.82) is 5.26 Å². The van der Waals surface area contributed by atoms with E-state index in [9.17, 15) is 14.9 Å². The maximum absolute atomic E-state index is 12.3. The number of aromatic nitrogens is 2. The van der Waals surface area contributed by atoms with E-state index in [2.05, 4.69) is 15.3 Å². The van der Waals surface area contributed by atoms with Gasteiger partial charge in [0.2, 0.25) is 0 Å². The highest BCUT2D eigenvalue weighted by molar-refractivity contribution is 5.98. The predicted octanol–water partition coefficient (Wildman–Crippen LogP) is 2.48. The van der Waals surface area contributed by atoms with E-state index in [0.29, 0.717) is 16.9 Å². The molecule has 6 nitrogen and oxygen atoms in total. The summed E-state index contributed by atoms with van der Waals surface area (Å²) in [6, 6.07) is 16.3. The average molecular weight is 332 g/mol. The van der Waals surface area contributed by atoms with Crippen molar-refractivity contribution in [2.75, 3.05) is 6.54 Å². The van der Waals surface area contributed by atoms with Crippen LogP contribution in [0.5, 0.6) is 0 Å². The van der Waals surface area contributed by atoms with Crippen LogP contribution in [0, 0.1) is 18.3 Å². The summed E-state index contributed by atoms with van der Waals surface area (Å²) in [4.78, 5) is 31.7. The van der Waals surface area contributed by atoms with Crippen molar-refractivity contribution < 1.29 is 9.59 Å². The third-order valence-corrected chi connectivity index (χ3v) is 3.87. The Morgan fingerprint density at radius 3 is 2.60 bits per heavy atom. The fourth-order valence-electron chi connectivity index (χ4n) is 2.47. The minimum absolute atomic E-state index is 0.234. The van der Waals surface area contributed by atoms with Crippen LogP contribution >= 0.6 is 0 Å². The van der Waals surface area contributed by atoms with Gasteiger partial charge in [0.1, 0.15) is 5.82 Å². The topological polar surface area (TPSA) is 98.6 Å². The maximum atomic E-state index is 12.3. The zero-order valence-corrected chi connectivity index (χ0v) is 13.6. The van der Waals surface area contributed by atoms with Gasteiger partial charge in [-0.25, -0.2) is 4.98 Å². The molecule has 0 saturated carbocycles. The van der Waals surface area contributed by atoms with E-state index in [-0.39, 0.29) is 12.5 Å². The lowest BCUT2D eigenvalue weighted by Gasteiger charge is -2.07. The summed E-state index contributed by atoms with van der Waals surface area (Å²) in [5.74, 6) is -1.53. The average Bonchev–Trinajstić information content (AvgIpc) is 3.04. The fraction of sp³-hybridized carbons (Fsp3) is 0.158. The Kier molecular flexibility index (Phi) is 4.57. The molecule has 0 unspecified atom stereocenters. The smallest absolute Gasteiger partial charge is 0.251 e. The summed E-state index contributed by atoms with van der Waals surface area (Å²) in [5.41, 5.74) is 2.96. The molecule has 0 bridgehead atoms. The number of H-pyrrole nitrogens is 1. The molecular weight excluding hydrogens is 316 g/mol. The Hall–Kier alpha value is -3.46.